The standard InChI is InChI=1S/C13H13N3OS/c1-2-7-16-13(17)10(5-6-14)9-11(15-16)12-4-3-8-18-12/h3-4,8-9H,2,5,7H2,1H3. The Balaban J connectivity index is 2.55. The molecule has 0 saturated carbocycles. The maximum absolute atomic E-state index is 12.0. The van der Waals surface area contributed by atoms with Gasteiger partial charge in [0.05, 0.1) is 17.4 Å². The molecule has 18 heavy (non-hydrogen) atoms. The molecule has 0 radical (unpaired) electrons. The van der Waals surface area contributed by atoms with Gasteiger partial charge in [-0.15, -0.1) is 11.3 Å². The first-order valence-electron chi connectivity index (χ1n) is 5.78. The lowest BCUT2D eigenvalue weighted by molar-refractivity contribution is 0.566. The van der Waals surface area contributed by atoms with Crippen molar-refractivity contribution in [2.24, 2.45) is 0 Å². The Kier molecular flexibility index (Phi) is 3.90. The van der Waals surface area contributed by atoms with Crippen LogP contribution in [0.15, 0.2) is 28.4 Å². The van der Waals surface area contributed by atoms with Crippen molar-refractivity contribution in [1.29, 1.82) is 5.26 Å². The van der Waals surface area contributed by atoms with Crippen LogP contribution in [-0.2, 0) is 13.0 Å². The van der Waals surface area contributed by atoms with E-state index in [0.717, 1.165) is 17.0 Å². The van der Waals surface area contributed by atoms with E-state index in [0.29, 0.717) is 12.1 Å². The molecular formula is C13H13N3OS. The molecule has 2 rings (SSSR count). The average Bonchev–Trinajstić information content (AvgIpc) is 2.88. The van der Waals surface area contributed by atoms with Crippen LogP contribution in [0.1, 0.15) is 18.9 Å². The molecule has 92 valence electrons. The van der Waals surface area contributed by atoms with Crippen LogP contribution in [0.4, 0.5) is 0 Å². The third-order valence-corrected chi connectivity index (χ3v) is 3.42. The fourth-order valence-corrected chi connectivity index (χ4v) is 2.40. The third-order valence-electron chi connectivity index (χ3n) is 2.53. The van der Waals surface area contributed by atoms with E-state index in [-0.39, 0.29) is 12.0 Å². The number of rotatable bonds is 4. The zero-order valence-electron chi connectivity index (χ0n) is 10.1. The van der Waals surface area contributed by atoms with Gasteiger partial charge in [-0.1, -0.05) is 13.0 Å². The summed E-state index contributed by atoms with van der Waals surface area (Å²) in [6.45, 7) is 2.58. The molecule has 0 spiro atoms. The summed E-state index contributed by atoms with van der Waals surface area (Å²) in [7, 11) is 0. The smallest absolute Gasteiger partial charge is 0.267 e. The Bertz CT molecular complexity index is 623. The van der Waals surface area contributed by atoms with E-state index in [1.54, 1.807) is 17.4 Å². The lowest BCUT2D eigenvalue weighted by Gasteiger charge is -2.07. The van der Waals surface area contributed by atoms with Gasteiger partial charge >= 0.3 is 0 Å². The first kappa shape index (κ1) is 12.5. The van der Waals surface area contributed by atoms with E-state index in [1.807, 2.05) is 30.5 Å². The van der Waals surface area contributed by atoms with Crippen molar-refractivity contribution in [3.8, 4) is 16.6 Å². The second-order valence-electron chi connectivity index (χ2n) is 3.90. The zero-order valence-corrected chi connectivity index (χ0v) is 10.9. The molecule has 5 heteroatoms. The molecule has 0 N–H and O–H groups in total. The number of nitriles is 1. The van der Waals surface area contributed by atoms with E-state index in [4.69, 9.17) is 5.26 Å². The number of nitrogens with zero attached hydrogens (tertiary/aromatic N) is 3. The van der Waals surface area contributed by atoms with Gasteiger partial charge < -0.3 is 0 Å². The Morgan fingerprint density at radius 2 is 2.39 bits per heavy atom. The van der Waals surface area contributed by atoms with Gasteiger partial charge in [-0.3, -0.25) is 4.79 Å². The van der Waals surface area contributed by atoms with Crippen molar-refractivity contribution in [1.82, 2.24) is 9.78 Å². The first-order chi connectivity index (χ1) is 8.76. The van der Waals surface area contributed by atoms with Gasteiger partial charge in [0.1, 0.15) is 5.69 Å². The molecule has 0 aromatic carbocycles. The van der Waals surface area contributed by atoms with Gasteiger partial charge in [-0.05, 0) is 23.9 Å². The number of aryl methyl sites for hydroxylation is 1. The van der Waals surface area contributed by atoms with Crippen molar-refractivity contribution in [2.45, 2.75) is 26.3 Å². The molecule has 0 bridgehead atoms. The SMILES string of the molecule is CCCn1nc(-c2cccs2)cc(CC#N)c1=O. The van der Waals surface area contributed by atoms with Crippen molar-refractivity contribution >= 4 is 11.3 Å². The Morgan fingerprint density at radius 3 is 3.00 bits per heavy atom. The van der Waals surface area contributed by atoms with Crippen LogP contribution in [0.3, 0.4) is 0 Å². The van der Waals surface area contributed by atoms with E-state index in [9.17, 15) is 4.79 Å². The summed E-state index contributed by atoms with van der Waals surface area (Å²) in [6.07, 6.45) is 0.968. The first-order valence-corrected chi connectivity index (χ1v) is 6.66. The number of thiophene rings is 1. The molecule has 0 unspecified atom stereocenters. The second-order valence-corrected chi connectivity index (χ2v) is 4.84. The summed E-state index contributed by atoms with van der Waals surface area (Å²) >= 11 is 1.57. The van der Waals surface area contributed by atoms with Gasteiger partial charge in [-0.2, -0.15) is 10.4 Å². The van der Waals surface area contributed by atoms with Crippen molar-refractivity contribution in [2.75, 3.05) is 0 Å². The highest BCUT2D eigenvalue weighted by Gasteiger charge is 2.09. The molecule has 0 amide bonds. The van der Waals surface area contributed by atoms with Crippen LogP contribution in [0.2, 0.25) is 0 Å². The van der Waals surface area contributed by atoms with Crippen LogP contribution >= 0.6 is 11.3 Å². The monoisotopic (exact) mass is 259 g/mol. The molecule has 0 aliphatic carbocycles. The van der Waals surface area contributed by atoms with E-state index >= 15 is 0 Å². The minimum atomic E-state index is -0.154. The summed E-state index contributed by atoms with van der Waals surface area (Å²) < 4.78 is 1.46. The minimum absolute atomic E-state index is 0.128. The Hall–Kier alpha value is -1.93. The molecule has 0 aliphatic rings. The molecule has 0 saturated heterocycles. The molecule has 0 atom stereocenters. The number of hydrogen-bond donors (Lipinski definition) is 0. The van der Waals surface area contributed by atoms with E-state index in [2.05, 4.69) is 5.10 Å². The second kappa shape index (κ2) is 5.61. The van der Waals surface area contributed by atoms with E-state index < -0.39 is 0 Å². The quantitative estimate of drug-likeness (QED) is 0.847. The Morgan fingerprint density at radius 1 is 1.56 bits per heavy atom. The normalized spacial score (nSPS) is 10.2. The summed E-state index contributed by atoms with van der Waals surface area (Å²) in [4.78, 5) is 13.0. The predicted octanol–water partition coefficient (Wildman–Crippen LogP) is 2.45. The molecular weight excluding hydrogens is 246 g/mol. The van der Waals surface area contributed by atoms with Crippen LogP contribution in [0, 0.1) is 11.3 Å². The molecule has 4 nitrogen and oxygen atoms in total. The zero-order chi connectivity index (χ0) is 13.0. The van der Waals surface area contributed by atoms with Crippen LogP contribution in [-0.4, -0.2) is 9.78 Å². The molecule has 0 aliphatic heterocycles. The highest BCUT2D eigenvalue weighted by Crippen LogP contribution is 2.22. The largest absolute Gasteiger partial charge is 0.271 e. The van der Waals surface area contributed by atoms with Gasteiger partial charge in [0.25, 0.3) is 5.56 Å². The average molecular weight is 259 g/mol. The van der Waals surface area contributed by atoms with Gasteiger partial charge in [0, 0.05) is 12.1 Å². The van der Waals surface area contributed by atoms with E-state index in [1.165, 1.54) is 4.68 Å². The Labute approximate surface area is 109 Å². The molecule has 2 aromatic heterocycles. The lowest BCUT2D eigenvalue weighted by Crippen LogP contribution is -2.26. The summed E-state index contributed by atoms with van der Waals surface area (Å²) in [5.41, 5.74) is 1.13. The predicted molar refractivity (Wildman–Crippen MR) is 71.4 cm³/mol. The summed E-state index contributed by atoms with van der Waals surface area (Å²) in [5, 5.41) is 15.1. The number of hydrogen-bond acceptors (Lipinski definition) is 4. The van der Waals surface area contributed by atoms with Gasteiger partial charge in [0.15, 0.2) is 0 Å². The molecule has 2 heterocycles. The van der Waals surface area contributed by atoms with Crippen LogP contribution < -0.4 is 5.56 Å². The molecule has 0 fully saturated rings. The highest BCUT2D eigenvalue weighted by atomic mass is 32.1. The maximum atomic E-state index is 12.0. The van der Waals surface area contributed by atoms with Crippen LogP contribution in [0.25, 0.3) is 10.6 Å². The van der Waals surface area contributed by atoms with Crippen molar-refractivity contribution < 1.29 is 0 Å². The minimum Gasteiger partial charge on any atom is -0.267 e. The summed E-state index contributed by atoms with van der Waals surface area (Å²) in [5.74, 6) is 0. The fraction of sp³-hybridized carbons (Fsp3) is 0.308. The molecule has 2 aromatic rings. The summed E-state index contributed by atoms with van der Waals surface area (Å²) in [6, 6.07) is 7.66. The topological polar surface area (TPSA) is 58.7 Å². The lowest BCUT2D eigenvalue weighted by atomic mass is 10.2. The van der Waals surface area contributed by atoms with Crippen molar-refractivity contribution in [3.63, 3.8) is 0 Å². The maximum Gasteiger partial charge on any atom is 0.271 e. The fourth-order valence-electron chi connectivity index (χ4n) is 1.72. The highest BCUT2D eigenvalue weighted by molar-refractivity contribution is 7.13. The van der Waals surface area contributed by atoms with Crippen LogP contribution in [0.5, 0.6) is 0 Å². The third kappa shape index (κ3) is 2.49. The van der Waals surface area contributed by atoms with Gasteiger partial charge in [-0.25, -0.2) is 4.68 Å². The van der Waals surface area contributed by atoms with Crippen molar-refractivity contribution in [3.05, 3.63) is 39.5 Å². The number of aromatic nitrogens is 2. The van der Waals surface area contributed by atoms with Gasteiger partial charge in [0.2, 0.25) is 0 Å².